The second-order valence-electron chi connectivity index (χ2n) is 11.2. The highest BCUT2D eigenvalue weighted by molar-refractivity contribution is 5.83. The van der Waals surface area contributed by atoms with Crippen molar-refractivity contribution in [2.75, 3.05) is 23.7 Å². The summed E-state index contributed by atoms with van der Waals surface area (Å²) in [6, 6.07) is 6.81. The van der Waals surface area contributed by atoms with E-state index in [1.807, 2.05) is 6.07 Å². The molecule has 2 saturated carbocycles. The maximum atomic E-state index is 14.3. The van der Waals surface area contributed by atoms with Gasteiger partial charge in [0, 0.05) is 46.7 Å². The molecule has 3 aliphatic rings. The molecule has 1 aromatic carbocycles. The SMILES string of the molecule is FC(F)(F)c1cc(-c2n[nH]c(C3CCNCC3)c2-c2ccnc(NC3CCCC3)n2)ccc1NC1CCCC1. The highest BCUT2D eigenvalue weighted by atomic mass is 19.4. The van der Waals surface area contributed by atoms with Gasteiger partial charge in [-0.15, -0.1) is 0 Å². The normalized spacial score (nSPS) is 19.6. The molecule has 10 heteroatoms. The zero-order valence-electron chi connectivity index (χ0n) is 22.1. The van der Waals surface area contributed by atoms with Gasteiger partial charge in [-0.05, 0) is 69.8 Å². The lowest BCUT2D eigenvalue weighted by molar-refractivity contribution is -0.136. The quantitative estimate of drug-likeness (QED) is 0.266. The second kappa shape index (κ2) is 11.2. The summed E-state index contributed by atoms with van der Waals surface area (Å²) in [6.07, 6.45) is 7.52. The van der Waals surface area contributed by atoms with Crippen LogP contribution in [0, 0.1) is 0 Å². The van der Waals surface area contributed by atoms with Gasteiger partial charge >= 0.3 is 6.18 Å². The van der Waals surface area contributed by atoms with Crippen LogP contribution in [0.5, 0.6) is 0 Å². The minimum Gasteiger partial charge on any atom is -0.382 e. The molecule has 7 nitrogen and oxygen atoms in total. The molecule has 0 bridgehead atoms. The number of alkyl halides is 3. The van der Waals surface area contributed by atoms with E-state index in [0.29, 0.717) is 28.9 Å². The number of hydrogen-bond donors (Lipinski definition) is 4. The minimum absolute atomic E-state index is 0.0798. The lowest BCUT2D eigenvalue weighted by Crippen LogP contribution is -2.27. The number of hydrogen-bond acceptors (Lipinski definition) is 6. The lowest BCUT2D eigenvalue weighted by Gasteiger charge is -2.23. The van der Waals surface area contributed by atoms with Crippen molar-refractivity contribution in [2.24, 2.45) is 0 Å². The molecule has 0 unspecified atom stereocenters. The predicted octanol–water partition coefficient (Wildman–Crippen LogP) is 6.73. The Morgan fingerprint density at radius 2 is 1.54 bits per heavy atom. The first kappa shape index (κ1) is 26.1. The maximum absolute atomic E-state index is 14.3. The molecule has 3 heterocycles. The van der Waals surface area contributed by atoms with E-state index in [-0.39, 0.29) is 17.6 Å². The first-order chi connectivity index (χ1) is 19.0. The maximum Gasteiger partial charge on any atom is 0.418 e. The van der Waals surface area contributed by atoms with Crippen LogP contribution in [0.2, 0.25) is 0 Å². The Balaban J connectivity index is 1.41. The molecule has 2 aromatic heterocycles. The topological polar surface area (TPSA) is 90.5 Å². The van der Waals surface area contributed by atoms with Gasteiger partial charge in [0.15, 0.2) is 0 Å². The molecule has 208 valence electrons. The third-order valence-corrected chi connectivity index (χ3v) is 8.46. The average molecular weight is 540 g/mol. The van der Waals surface area contributed by atoms with E-state index in [9.17, 15) is 13.2 Å². The summed E-state index contributed by atoms with van der Waals surface area (Å²) in [5, 5.41) is 17.8. The number of halogens is 3. The number of aromatic nitrogens is 4. The van der Waals surface area contributed by atoms with E-state index in [1.165, 1.54) is 18.9 Å². The van der Waals surface area contributed by atoms with Crippen molar-refractivity contribution >= 4 is 11.6 Å². The molecule has 3 aromatic rings. The number of rotatable bonds is 7. The molecule has 6 rings (SSSR count). The molecule has 0 radical (unpaired) electrons. The van der Waals surface area contributed by atoms with E-state index in [4.69, 9.17) is 4.98 Å². The van der Waals surface area contributed by atoms with Crippen molar-refractivity contribution in [3.63, 3.8) is 0 Å². The molecule has 1 aliphatic heterocycles. The van der Waals surface area contributed by atoms with Crippen LogP contribution in [0.1, 0.15) is 81.4 Å². The van der Waals surface area contributed by atoms with Crippen LogP contribution in [0.15, 0.2) is 30.5 Å². The number of H-pyrrole nitrogens is 1. The van der Waals surface area contributed by atoms with E-state index in [1.54, 1.807) is 18.3 Å². The highest BCUT2D eigenvalue weighted by Gasteiger charge is 2.35. The van der Waals surface area contributed by atoms with Crippen molar-refractivity contribution in [3.05, 3.63) is 41.7 Å². The predicted molar refractivity (Wildman–Crippen MR) is 147 cm³/mol. The Morgan fingerprint density at radius 3 is 2.23 bits per heavy atom. The van der Waals surface area contributed by atoms with E-state index < -0.39 is 11.7 Å². The van der Waals surface area contributed by atoms with Crippen LogP contribution < -0.4 is 16.0 Å². The summed E-state index contributed by atoms with van der Waals surface area (Å²) >= 11 is 0. The van der Waals surface area contributed by atoms with Gasteiger partial charge in [-0.25, -0.2) is 9.97 Å². The van der Waals surface area contributed by atoms with E-state index in [2.05, 4.69) is 31.1 Å². The number of piperidine rings is 1. The summed E-state index contributed by atoms with van der Waals surface area (Å²) < 4.78 is 42.8. The van der Waals surface area contributed by atoms with Crippen LogP contribution in [0.4, 0.5) is 24.8 Å². The largest absolute Gasteiger partial charge is 0.418 e. The van der Waals surface area contributed by atoms with Crippen LogP contribution in [-0.2, 0) is 6.18 Å². The smallest absolute Gasteiger partial charge is 0.382 e. The van der Waals surface area contributed by atoms with Crippen molar-refractivity contribution in [1.29, 1.82) is 0 Å². The summed E-state index contributed by atoms with van der Waals surface area (Å²) in [5.41, 5.74) is 2.77. The van der Waals surface area contributed by atoms with E-state index in [0.717, 1.165) is 75.7 Å². The number of nitrogens with zero attached hydrogens (tertiary/aromatic N) is 3. The number of benzene rings is 1. The first-order valence-electron chi connectivity index (χ1n) is 14.3. The molecule has 1 saturated heterocycles. The van der Waals surface area contributed by atoms with Crippen LogP contribution in [0.25, 0.3) is 22.5 Å². The monoisotopic (exact) mass is 539 g/mol. The Hall–Kier alpha value is -3.14. The zero-order valence-corrected chi connectivity index (χ0v) is 22.1. The highest BCUT2D eigenvalue weighted by Crippen LogP contribution is 2.42. The molecule has 0 spiro atoms. The Morgan fingerprint density at radius 1 is 0.846 bits per heavy atom. The molecule has 0 atom stereocenters. The van der Waals surface area contributed by atoms with Gasteiger partial charge in [0.25, 0.3) is 0 Å². The average Bonchev–Trinajstić information content (AvgIpc) is 3.72. The second-order valence-corrected chi connectivity index (χ2v) is 11.2. The molecule has 4 N–H and O–H groups in total. The van der Waals surface area contributed by atoms with Crippen molar-refractivity contribution in [2.45, 2.75) is 88.4 Å². The van der Waals surface area contributed by atoms with Crippen LogP contribution >= 0.6 is 0 Å². The van der Waals surface area contributed by atoms with Crippen LogP contribution in [0.3, 0.4) is 0 Å². The molecule has 2 aliphatic carbocycles. The van der Waals surface area contributed by atoms with Gasteiger partial charge in [-0.1, -0.05) is 31.7 Å². The molecular formula is C29H36F3N7. The Bertz CT molecular complexity index is 1270. The Kier molecular flexibility index (Phi) is 7.47. The summed E-state index contributed by atoms with van der Waals surface area (Å²) in [7, 11) is 0. The lowest BCUT2D eigenvalue weighted by atomic mass is 9.89. The van der Waals surface area contributed by atoms with Crippen LogP contribution in [-0.4, -0.2) is 45.3 Å². The van der Waals surface area contributed by atoms with Gasteiger partial charge in [-0.2, -0.15) is 18.3 Å². The van der Waals surface area contributed by atoms with Gasteiger partial charge in [-0.3, -0.25) is 5.10 Å². The van der Waals surface area contributed by atoms with Crippen molar-refractivity contribution in [1.82, 2.24) is 25.5 Å². The van der Waals surface area contributed by atoms with Gasteiger partial charge in [0.05, 0.1) is 11.3 Å². The van der Waals surface area contributed by atoms with Gasteiger partial charge < -0.3 is 16.0 Å². The molecule has 0 amide bonds. The summed E-state index contributed by atoms with van der Waals surface area (Å²) in [4.78, 5) is 9.29. The zero-order chi connectivity index (χ0) is 26.8. The summed E-state index contributed by atoms with van der Waals surface area (Å²) in [6.45, 7) is 1.77. The third-order valence-electron chi connectivity index (χ3n) is 8.46. The fourth-order valence-corrected chi connectivity index (χ4v) is 6.39. The standard InChI is InChI=1S/C29H36F3N7/c30-29(31,32)22-17-19(9-10-23(22)35-20-5-1-2-6-20)27-25(26(38-39-27)18-11-14-33-15-12-18)24-13-16-34-28(37-24)36-21-7-3-4-8-21/h9-10,13,16-18,20-21,33,35H,1-8,11-12,14-15H2,(H,38,39)(H,34,36,37). The number of anilines is 2. The number of nitrogens with one attached hydrogen (secondary N) is 4. The van der Waals surface area contributed by atoms with E-state index >= 15 is 0 Å². The fourth-order valence-electron chi connectivity index (χ4n) is 6.39. The molecule has 39 heavy (non-hydrogen) atoms. The summed E-state index contributed by atoms with van der Waals surface area (Å²) in [5.74, 6) is 0.768. The molecular weight excluding hydrogens is 503 g/mol. The fraction of sp³-hybridized carbons (Fsp3) is 0.552. The van der Waals surface area contributed by atoms with Crippen molar-refractivity contribution < 1.29 is 13.2 Å². The third kappa shape index (κ3) is 5.76. The van der Waals surface area contributed by atoms with Crippen molar-refractivity contribution in [3.8, 4) is 22.5 Å². The van der Waals surface area contributed by atoms with Gasteiger partial charge in [0.1, 0.15) is 5.69 Å². The Labute approximate surface area is 226 Å². The molecule has 3 fully saturated rings. The first-order valence-corrected chi connectivity index (χ1v) is 14.3. The number of aromatic amines is 1. The minimum atomic E-state index is -4.49. The van der Waals surface area contributed by atoms with Gasteiger partial charge in [0.2, 0.25) is 5.95 Å².